The maximum Gasteiger partial charge on any atom is 0.328 e. The minimum atomic E-state index is -1.92. The quantitative estimate of drug-likeness (QED) is 0.764. The first-order chi connectivity index (χ1) is 9.78. The van der Waals surface area contributed by atoms with Gasteiger partial charge in [-0.05, 0) is 29.8 Å². The molecule has 0 radical (unpaired) electrons. The molecule has 106 valence electrons. The van der Waals surface area contributed by atoms with E-state index in [9.17, 15) is 0 Å². The fraction of sp³-hybridized carbons (Fsp3) is 0.294. The summed E-state index contributed by atoms with van der Waals surface area (Å²) in [5, 5.41) is 0. The van der Waals surface area contributed by atoms with Crippen LogP contribution in [0.4, 0.5) is 0 Å². The van der Waals surface area contributed by atoms with Crippen molar-refractivity contribution in [2.75, 3.05) is 0 Å². The van der Waals surface area contributed by atoms with E-state index in [2.05, 4.69) is 43.1 Å². The lowest BCUT2D eigenvalue weighted by Crippen LogP contribution is -2.54. The molecule has 0 heterocycles. The van der Waals surface area contributed by atoms with Gasteiger partial charge in [0.1, 0.15) is 5.75 Å². The van der Waals surface area contributed by atoms with E-state index in [1.807, 2.05) is 36.4 Å². The van der Waals surface area contributed by atoms with Crippen LogP contribution >= 0.6 is 0 Å². The SMILES string of the molecule is CC[Si](CC)(NCc1ccccc1)Oc1ccccc1. The fourth-order valence-electron chi connectivity index (χ4n) is 2.25. The Labute approximate surface area is 123 Å². The summed E-state index contributed by atoms with van der Waals surface area (Å²) in [4.78, 5) is 3.71. The Hall–Kier alpha value is -1.58. The van der Waals surface area contributed by atoms with Crippen molar-refractivity contribution in [1.29, 1.82) is 0 Å². The zero-order valence-electron chi connectivity index (χ0n) is 12.3. The van der Waals surface area contributed by atoms with E-state index >= 15 is 0 Å². The molecule has 20 heavy (non-hydrogen) atoms. The van der Waals surface area contributed by atoms with Crippen molar-refractivity contribution >= 4 is 8.48 Å². The molecule has 0 aliphatic rings. The zero-order chi connectivity index (χ0) is 14.3. The summed E-state index contributed by atoms with van der Waals surface area (Å²) in [6.07, 6.45) is 0. The van der Waals surface area contributed by atoms with Gasteiger partial charge in [-0.15, -0.1) is 0 Å². The minimum absolute atomic E-state index is 0.877. The number of benzene rings is 2. The van der Waals surface area contributed by atoms with Gasteiger partial charge < -0.3 is 9.41 Å². The zero-order valence-corrected chi connectivity index (χ0v) is 13.3. The average Bonchev–Trinajstić information content (AvgIpc) is 2.53. The lowest BCUT2D eigenvalue weighted by Gasteiger charge is -2.30. The third-order valence-corrected chi connectivity index (χ3v) is 7.39. The van der Waals surface area contributed by atoms with Crippen LogP contribution in [0.5, 0.6) is 5.75 Å². The van der Waals surface area contributed by atoms with E-state index in [0.717, 1.165) is 24.4 Å². The Morgan fingerprint density at radius 2 is 1.40 bits per heavy atom. The van der Waals surface area contributed by atoms with Crippen LogP contribution < -0.4 is 9.41 Å². The van der Waals surface area contributed by atoms with E-state index in [1.54, 1.807) is 0 Å². The highest BCUT2D eigenvalue weighted by atomic mass is 28.4. The summed E-state index contributed by atoms with van der Waals surface area (Å²) in [7, 11) is -1.92. The van der Waals surface area contributed by atoms with Gasteiger partial charge in [0.15, 0.2) is 0 Å². The topological polar surface area (TPSA) is 21.3 Å². The second-order valence-corrected chi connectivity index (χ2v) is 8.92. The fourth-order valence-corrected chi connectivity index (χ4v) is 4.73. The summed E-state index contributed by atoms with van der Waals surface area (Å²) in [5.74, 6) is 0.975. The van der Waals surface area contributed by atoms with Gasteiger partial charge in [-0.25, -0.2) is 0 Å². The maximum absolute atomic E-state index is 6.35. The summed E-state index contributed by atoms with van der Waals surface area (Å²) in [6, 6.07) is 22.8. The summed E-state index contributed by atoms with van der Waals surface area (Å²) < 4.78 is 6.35. The van der Waals surface area contributed by atoms with Gasteiger partial charge >= 0.3 is 8.48 Å². The second kappa shape index (κ2) is 7.27. The van der Waals surface area contributed by atoms with Crippen LogP contribution in [0.25, 0.3) is 0 Å². The van der Waals surface area contributed by atoms with Crippen LogP contribution in [0.2, 0.25) is 12.1 Å². The van der Waals surface area contributed by atoms with Gasteiger partial charge in [-0.2, -0.15) is 0 Å². The molecule has 2 aromatic carbocycles. The summed E-state index contributed by atoms with van der Waals surface area (Å²) in [5.41, 5.74) is 1.31. The molecule has 0 spiro atoms. The lowest BCUT2D eigenvalue weighted by atomic mass is 10.2. The molecule has 0 aliphatic carbocycles. The molecular formula is C17H23NOSi. The van der Waals surface area contributed by atoms with Crippen LogP contribution in [0.3, 0.4) is 0 Å². The number of para-hydroxylation sites is 1. The van der Waals surface area contributed by atoms with Crippen molar-refractivity contribution in [3.8, 4) is 5.75 Å². The highest BCUT2D eigenvalue weighted by molar-refractivity contribution is 6.71. The standard InChI is InChI=1S/C17H23NOSi/c1-3-20(4-2,19-17-13-9-6-10-14-17)18-15-16-11-7-5-8-12-16/h5-14,18H,3-4,15H2,1-2H3. The first-order valence-electron chi connectivity index (χ1n) is 7.31. The first kappa shape index (κ1) is 14.8. The van der Waals surface area contributed by atoms with Crippen molar-refractivity contribution in [1.82, 2.24) is 4.98 Å². The van der Waals surface area contributed by atoms with Gasteiger partial charge in [0.25, 0.3) is 0 Å². The van der Waals surface area contributed by atoms with Gasteiger partial charge in [0.2, 0.25) is 0 Å². The molecule has 0 atom stereocenters. The van der Waals surface area contributed by atoms with Crippen molar-refractivity contribution < 1.29 is 4.43 Å². The van der Waals surface area contributed by atoms with Gasteiger partial charge in [-0.3, -0.25) is 0 Å². The minimum Gasteiger partial charge on any atom is -0.529 e. The number of nitrogens with one attached hydrogen (secondary N) is 1. The molecule has 0 saturated heterocycles. The van der Waals surface area contributed by atoms with Gasteiger partial charge in [-0.1, -0.05) is 62.4 Å². The number of hydrogen-bond donors (Lipinski definition) is 1. The van der Waals surface area contributed by atoms with Crippen LogP contribution in [0.15, 0.2) is 60.7 Å². The lowest BCUT2D eigenvalue weighted by molar-refractivity contribution is 0.506. The molecule has 2 nitrogen and oxygen atoms in total. The molecule has 0 fully saturated rings. The van der Waals surface area contributed by atoms with Crippen LogP contribution in [-0.2, 0) is 6.54 Å². The Bertz CT molecular complexity index is 497. The number of rotatable bonds is 7. The largest absolute Gasteiger partial charge is 0.529 e. The van der Waals surface area contributed by atoms with Crippen LogP contribution in [-0.4, -0.2) is 8.48 Å². The Balaban J connectivity index is 2.05. The van der Waals surface area contributed by atoms with Crippen LogP contribution in [0.1, 0.15) is 19.4 Å². The number of hydrogen-bond acceptors (Lipinski definition) is 2. The van der Waals surface area contributed by atoms with E-state index < -0.39 is 8.48 Å². The first-order valence-corrected chi connectivity index (χ1v) is 9.63. The Morgan fingerprint density at radius 1 is 0.850 bits per heavy atom. The normalized spacial score (nSPS) is 11.3. The van der Waals surface area contributed by atoms with Gasteiger partial charge in [0.05, 0.1) is 0 Å². The van der Waals surface area contributed by atoms with E-state index in [-0.39, 0.29) is 0 Å². The third-order valence-electron chi connectivity index (χ3n) is 3.66. The summed E-state index contributed by atoms with van der Waals surface area (Å²) >= 11 is 0. The molecule has 3 heteroatoms. The van der Waals surface area contributed by atoms with E-state index in [1.165, 1.54) is 5.56 Å². The van der Waals surface area contributed by atoms with Crippen molar-refractivity contribution in [2.24, 2.45) is 0 Å². The Morgan fingerprint density at radius 3 is 1.95 bits per heavy atom. The van der Waals surface area contributed by atoms with Crippen molar-refractivity contribution in [3.05, 3.63) is 66.2 Å². The molecule has 2 rings (SSSR count). The molecule has 0 saturated carbocycles. The molecule has 0 aliphatic heterocycles. The third kappa shape index (κ3) is 3.95. The van der Waals surface area contributed by atoms with Gasteiger partial charge in [0, 0.05) is 6.54 Å². The maximum atomic E-state index is 6.35. The highest BCUT2D eigenvalue weighted by Gasteiger charge is 2.33. The monoisotopic (exact) mass is 285 g/mol. The molecule has 0 unspecified atom stereocenters. The van der Waals surface area contributed by atoms with Crippen LogP contribution in [0, 0.1) is 0 Å². The predicted molar refractivity (Wildman–Crippen MR) is 87.1 cm³/mol. The highest BCUT2D eigenvalue weighted by Crippen LogP contribution is 2.20. The predicted octanol–water partition coefficient (Wildman–Crippen LogP) is 4.34. The molecule has 0 aromatic heterocycles. The van der Waals surface area contributed by atoms with E-state index in [0.29, 0.717) is 0 Å². The van der Waals surface area contributed by atoms with E-state index in [4.69, 9.17) is 4.43 Å². The molecule has 0 bridgehead atoms. The molecule has 1 N–H and O–H groups in total. The summed E-state index contributed by atoms with van der Waals surface area (Å²) in [6.45, 7) is 5.31. The van der Waals surface area contributed by atoms with Crippen molar-refractivity contribution in [3.63, 3.8) is 0 Å². The second-order valence-electron chi connectivity index (χ2n) is 4.96. The smallest absolute Gasteiger partial charge is 0.328 e. The Kier molecular flexibility index (Phi) is 5.38. The van der Waals surface area contributed by atoms with Crippen molar-refractivity contribution in [2.45, 2.75) is 32.5 Å². The molecule has 2 aromatic rings. The molecular weight excluding hydrogens is 262 g/mol. The average molecular weight is 285 g/mol. The molecule has 0 amide bonds.